The van der Waals surface area contributed by atoms with Crippen LogP contribution in [0.1, 0.15) is 34.1 Å². The molecule has 1 amide bonds. The Morgan fingerprint density at radius 2 is 2.05 bits per heavy atom. The Labute approximate surface area is 116 Å². The maximum atomic E-state index is 12.3. The maximum absolute atomic E-state index is 12.3. The quantitative estimate of drug-likeness (QED) is 0.882. The van der Waals surface area contributed by atoms with Crippen LogP contribution >= 0.6 is 11.3 Å². The molecule has 0 spiro atoms. The summed E-state index contributed by atoms with van der Waals surface area (Å²) in [5.41, 5.74) is 0.354. The van der Waals surface area contributed by atoms with Crippen LogP contribution in [0, 0.1) is 5.92 Å². The largest absolute Gasteiger partial charge is 0.478 e. The Morgan fingerprint density at radius 1 is 1.40 bits per heavy atom. The van der Waals surface area contributed by atoms with E-state index in [0.29, 0.717) is 24.3 Å². The average molecular weight is 307 g/mol. The summed E-state index contributed by atoms with van der Waals surface area (Å²) in [5.74, 6) is -3.10. The number of anilines is 1. The van der Waals surface area contributed by atoms with Gasteiger partial charge >= 0.3 is 18.1 Å². The van der Waals surface area contributed by atoms with E-state index in [2.05, 4.69) is 0 Å². The standard InChI is InChI=1S/C12H12F3NO3S/c1-5-2-3-6-7(4-5)20-9(8(6)10(17)18)16-11(19)12(13,14)15/h5H,2-4H2,1H3,(H,16,19)(H,17,18). The summed E-state index contributed by atoms with van der Waals surface area (Å²) in [5, 5.41) is 10.6. The van der Waals surface area contributed by atoms with E-state index in [9.17, 15) is 22.8 Å². The first-order valence-electron chi connectivity index (χ1n) is 5.96. The second-order valence-corrected chi connectivity index (χ2v) is 5.92. The zero-order chi connectivity index (χ0) is 15.1. The SMILES string of the molecule is CC1CCc2c(sc(NC(=O)C(F)(F)F)c2C(=O)O)C1. The molecule has 2 N–H and O–H groups in total. The van der Waals surface area contributed by atoms with Crippen LogP contribution in [0.15, 0.2) is 0 Å². The van der Waals surface area contributed by atoms with Gasteiger partial charge in [-0.05, 0) is 30.7 Å². The molecule has 1 atom stereocenters. The van der Waals surface area contributed by atoms with E-state index in [1.807, 2.05) is 6.92 Å². The molecular formula is C12H12F3NO3S. The first-order chi connectivity index (χ1) is 9.20. The minimum Gasteiger partial charge on any atom is -0.478 e. The number of carboxylic acid groups (broad SMARTS) is 1. The summed E-state index contributed by atoms with van der Waals surface area (Å²) in [6, 6.07) is 0. The third-order valence-electron chi connectivity index (χ3n) is 3.21. The van der Waals surface area contributed by atoms with Crippen molar-refractivity contribution in [2.75, 3.05) is 5.32 Å². The molecule has 0 aromatic carbocycles. The lowest BCUT2D eigenvalue weighted by Gasteiger charge is -2.17. The number of carbonyl (C=O) groups is 2. The summed E-state index contributed by atoms with van der Waals surface area (Å²) in [4.78, 5) is 23.0. The van der Waals surface area contributed by atoms with Crippen LogP contribution < -0.4 is 5.32 Å². The van der Waals surface area contributed by atoms with Gasteiger partial charge in [0.1, 0.15) is 5.00 Å². The van der Waals surface area contributed by atoms with Gasteiger partial charge in [0.15, 0.2) is 0 Å². The minimum atomic E-state index is -5.03. The predicted octanol–water partition coefficient (Wildman–Crippen LogP) is 3.07. The number of nitrogens with one attached hydrogen (secondary N) is 1. The van der Waals surface area contributed by atoms with Gasteiger partial charge in [-0.1, -0.05) is 6.92 Å². The minimum absolute atomic E-state index is 0.200. The molecule has 110 valence electrons. The Morgan fingerprint density at radius 3 is 2.60 bits per heavy atom. The highest BCUT2D eigenvalue weighted by Gasteiger charge is 2.40. The average Bonchev–Trinajstić information content (AvgIpc) is 2.64. The summed E-state index contributed by atoms with van der Waals surface area (Å²) < 4.78 is 36.8. The van der Waals surface area contributed by atoms with Crippen molar-refractivity contribution in [3.8, 4) is 0 Å². The highest BCUT2D eigenvalue weighted by Crippen LogP contribution is 2.40. The molecule has 2 rings (SSSR count). The molecular weight excluding hydrogens is 295 g/mol. The molecule has 1 unspecified atom stereocenters. The Bertz CT molecular complexity index is 565. The monoisotopic (exact) mass is 307 g/mol. The second kappa shape index (κ2) is 5.08. The lowest BCUT2D eigenvalue weighted by molar-refractivity contribution is -0.167. The Balaban J connectivity index is 2.38. The number of carboxylic acids is 1. The van der Waals surface area contributed by atoms with Crippen molar-refractivity contribution in [1.82, 2.24) is 0 Å². The van der Waals surface area contributed by atoms with Gasteiger partial charge in [0, 0.05) is 4.88 Å². The van der Waals surface area contributed by atoms with Gasteiger partial charge in [-0.15, -0.1) is 11.3 Å². The van der Waals surface area contributed by atoms with E-state index in [-0.39, 0.29) is 10.6 Å². The van der Waals surface area contributed by atoms with E-state index in [1.165, 1.54) is 0 Å². The second-order valence-electron chi connectivity index (χ2n) is 4.81. The molecule has 0 saturated carbocycles. The van der Waals surface area contributed by atoms with E-state index in [0.717, 1.165) is 22.6 Å². The number of alkyl halides is 3. The van der Waals surface area contributed by atoms with Crippen molar-refractivity contribution >= 4 is 28.2 Å². The maximum Gasteiger partial charge on any atom is 0.471 e. The van der Waals surface area contributed by atoms with E-state index >= 15 is 0 Å². The zero-order valence-electron chi connectivity index (χ0n) is 10.5. The molecule has 1 aromatic heterocycles. The summed E-state index contributed by atoms with van der Waals surface area (Å²) in [7, 11) is 0. The van der Waals surface area contributed by atoms with Crippen LogP contribution in [-0.2, 0) is 17.6 Å². The third-order valence-corrected chi connectivity index (χ3v) is 4.38. The van der Waals surface area contributed by atoms with Gasteiger partial charge in [0.25, 0.3) is 0 Å². The number of amides is 1. The Kier molecular flexibility index (Phi) is 3.77. The number of hydrogen-bond donors (Lipinski definition) is 2. The molecule has 0 aliphatic heterocycles. The summed E-state index contributed by atoms with van der Waals surface area (Å²) in [6.07, 6.45) is -3.11. The van der Waals surface area contributed by atoms with Crippen LogP contribution in [0.2, 0.25) is 0 Å². The number of thiophene rings is 1. The molecule has 0 fully saturated rings. The molecule has 8 heteroatoms. The fraction of sp³-hybridized carbons (Fsp3) is 0.500. The first-order valence-corrected chi connectivity index (χ1v) is 6.77. The lowest BCUT2D eigenvalue weighted by Crippen LogP contribution is -2.30. The molecule has 20 heavy (non-hydrogen) atoms. The van der Waals surface area contributed by atoms with Crippen molar-refractivity contribution in [3.63, 3.8) is 0 Å². The number of fused-ring (bicyclic) bond motifs is 1. The predicted molar refractivity (Wildman–Crippen MR) is 67.2 cm³/mol. The molecule has 1 aliphatic carbocycles. The molecule has 1 aromatic rings. The van der Waals surface area contributed by atoms with Crippen LogP contribution in [0.5, 0.6) is 0 Å². The van der Waals surface area contributed by atoms with Gasteiger partial charge in [0.05, 0.1) is 5.56 Å². The number of carbonyl (C=O) groups excluding carboxylic acids is 1. The van der Waals surface area contributed by atoms with Gasteiger partial charge in [-0.25, -0.2) is 4.79 Å². The highest BCUT2D eigenvalue weighted by atomic mass is 32.1. The van der Waals surface area contributed by atoms with Gasteiger partial charge in [0.2, 0.25) is 0 Å². The molecule has 0 radical (unpaired) electrons. The normalized spacial score (nSPS) is 18.5. The first kappa shape index (κ1) is 14.8. The van der Waals surface area contributed by atoms with Crippen LogP contribution in [-0.4, -0.2) is 23.2 Å². The van der Waals surface area contributed by atoms with Gasteiger partial charge < -0.3 is 10.4 Å². The smallest absolute Gasteiger partial charge is 0.471 e. The number of halogens is 3. The van der Waals surface area contributed by atoms with E-state index in [1.54, 1.807) is 5.32 Å². The van der Waals surface area contributed by atoms with Gasteiger partial charge in [-0.3, -0.25) is 4.79 Å². The topological polar surface area (TPSA) is 66.4 Å². The van der Waals surface area contributed by atoms with Crippen LogP contribution in [0.25, 0.3) is 0 Å². The fourth-order valence-electron chi connectivity index (χ4n) is 2.24. The van der Waals surface area contributed by atoms with Gasteiger partial charge in [-0.2, -0.15) is 13.2 Å². The summed E-state index contributed by atoms with van der Waals surface area (Å²) >= 11 is 0.926. The number of rotatable bonds is 2. The van der Waals surface area contributed by atoms with Crippen molar-refractivity contribution in [3.05, 3.63) is 16.0 Å². The molecule has 1 heterocycles. The van der Waals surface area contributed by atoms with Crippen LogP contribution in [0.3, 0.4) is 0 Å². The zero-order valence-corrected chi connectivity index (χ0v) is 11.3. The molecule has 0 bridgehead atoms. The van der Waals surface area contributed by atoms with Crippen molar-refractivity contribution < 1.29 is 27.9 Å². The summed E-state index contributed by atoms with van der Waals surface area (Å²) in [6.45, 7) is 2.00. The van der Waals surface area contributed by atoms with Crippen molar-refractivity contribution in [1.29, 1.82) is 0 Å². The van der Waals surface area contributed by atoms with Crippen molar-refractivity contribution in [2.45, 2.75) is 32.4 Å². The lowest BCUT2D eigenvalue weighted by atomic mass is 9.88. The Hall–Kier alpha value is -1.57. The number of aromatic carboxylic acids is 1. The third kappa shape index (κ3) is 2.79. The fourth-order valence-corrected chi connectivity index (χ4v) is 3.64. The van der Waals surface area contributed by atoms with E-state index in [4.69, 9.17) is 5.11 Å². The molecule has 0 saturated heterocycles. The molecule has 4 nitrogen and oxygen atoms in total. The van der Waals surface area contributed by atoms with E-state index < -0.39 is 18.1 Å². The van der Waals surface area contributed by atoms with Crippen LogP contribution in [0.4, 0.5) is 18.2 Å². The number of hydrogen-bond acceptors (Lipinski definition) is 3. The highest BCUT2D eigenvalue weighted by molar-refractivity contribution is 7.17. The molecule has 1 aliphatic rings. The van der Waals surface area contributed by atoms with Crippen molar-refractivity contribution in [2.24, 2.45) is 5.92 Å².